The number of thioether (sulfide) groups is 1. The van der Waals surface area contributed by atoms with E-state index >= 15 is 0 Å². The molecule has 0 aliphatic carbocycles. The Morgan fingerprint density at radius 2 is 2.62 bits per heavy atom. The molecule has 72 valence electrons. The van der Waals surface area contributed by atoms with Gasteiger partial charge in [0.25, 0.3) is 0 Å². The van der Waals surface area contributed by atoms with Gasteiger partial charge in [-0.15, -0.1) is 0 Å². The Labute approximate surface area is 84.7 Å². The molecule has 0 aliphatic heterocycles. The standard InChI is InChI=1S/C7H10N2O2S2/c1-11-6-3-8-7(13-6)9-5(10)4-12-2/h3H,4H2,1-2H3,(H,8,9,10). The summed E-state index contributed by atoms with van der Waals surface area (Å²) in [5, 5.41) is 3.94. The van der Waals surface area contributed by atoms with Crippen LogP contribution in [0.2, 0.25) is 0 Å². The predicted octanol–water partition coefficient (Wildman–Crippen LogP) is 1.45. The molecule has 0 aromatic carbocycles. The van der Waals surface area contributed by atoms with Gasteiger partial charge in [-0.2, -0.15) is 11.8 Å². The molecule has 0 spiro atoms. The van der Waals surface area contributed by atoms with Gasteiger partial charge in [0.2, 0.25) is 5.91 Å². The Balaban J connectivity index is 2.49. The molecule has 0 bridgehead atoms. The molecular weight excluding hydrogens is 208 g/mol. The summed E-state index contributed by atoms with van der Waals surface area (Å²) in [4.78, 5) is 15.1. The number of nitrogens with one attached hydrogen (secondary N) is 1. The maximum absolute atomic E-state index is 11.1. The van der Waals surface area contributed by atoms with Crippen molar-refractivity contribution in [2.24, 2.45) is 0 Å². The monoisotopic (exact) mass is 218 g/mol. The molecule has 0 fully saturated rings. The van der Waals surface area contributed by atoms with Crippen molar-refractivity contribution in [2.75, 3.05) is 24.4 Å². The topological polar surface area (TPSA) is 51.2 Å². The molecule has 1 rings (SSSR count). The van der Waals surface area contributed by atoms with Crippen LogP contribution in [0.25, 0.3) is 0 Å². The van der Waals surface area contributed by atoms with E-state index in [1.54, 1.807) is 13.3 Å². The molecule has 0 saturated carbocycles. The number of rotatable bonds is 4. The van der Waals surface area contributed by atoms with Gasteiger partial charge in [-0.25, -0.2) is 4.98 Å². The maximum atomic E-state index is 11.1. The van der Waals surface area contributed by atoms with E-state index in [4.69, 9.17) is 4.74 Å². The lowest BCUT2D eigenvalue weighted by Crippen LogP contribution is -2.13. The van der Waals surface area contributed by atoms with Crippen LogP contribution < -0.4 is 10.1 Å². The number of carbonyl (C=O) groups excluding carboxylic acids is 1. The van der Waals surface area contributed by atoms with E-state index in [9.17, 15) is 4.79 Å². The van der Waals surface area contributed by atoms with Crippen LogP contribution in [0.5, 0.6) is 5.06 Å². The minimum absolute atomic E-state index is 0.0375. The van der Waals surface area contributed by atoms with Gasteiger partial charge < -0.3 is 10.1 Å². The van der Waals surface area contributed by atoms with E-state index in [0.29, 0.717) is 15.9 Å². The van der Waals surface area contributed by atoms with Crippen LogP contribution in [0, 0.1) is 0 Å². The summed E-state index contributed by atoms with van der Waals surface area (Å²) in [6.07, 6.45) is 3.46. The summed E-state index contributed by atoms with van der Waals surface area (Å²) in [6, 6.07) is 0. The summed E-state index contributed by atoms with van der Waals surface area (Å²) >= 11 is 2.79. The highest BCUT2D eigenvalue weighted by atomic mass is 32.2. The first kappa shape index (κ1) is 10.3. The minimum Gasteiger partial charge on any atom is -0.486 e. The van der Waals surface area contributed by atoms with Gasteiger partial charge in [0.15, 0.2) is 10.2 Å². The zero-order valence-corrected chi connectivity index (χ0v) is 9.00. The third-order valence-electron chi connectivity index (χ3n) is 1.21. The van der Waals surface area contributed by atoms with Gasteiger partial charge in [-0.1, -0.05) is 11.3 Å². The number of hydrogen-bond donors (Lipinski definition) is 1. The third kappa shape index (κ3) is 3.23. The van der Waals surface area contributed by atoms with Gasteiger partial charge in [-0.05, 0) is 6.26 Å². The Bertz CT molecular complexity index is 288. The first-order valence-corrected chi connectivity index (χ1v) is 5.76. The fraction of sp³-hybridized carbons (Fsp3) is 0.429. The molecule has 0 aliphatic rings. The fourth-order valence-electron chi connectivity index (χ4n) is 0.698. The zero-order valence-electron chi connectivity index (χ0n) is 7.36. The van der Waals surface area contributed by atoms with Gasteiger partial charge in [0.05, 0.1) is 19.1 Å². The van der Waals surface area contributed by atoms with E-state index in [2.05, 4.69) is 10.3 Å². The lowest BCUT2D eigenvalue weighted by Gasteiger charge is -1.97. The molecule has 0 unspecified atom stereocenters. The number of anilines is 1. The van der Waals surface area contributed by atoms with Crippen molar-refractivity contribution in [3.05, 3.63) is 6.20 Å². The lowest BCUT2D eigenvalue weighted by molar-refractivity contribution is -0.113. The van der Waals surface area contributed by atoms with E-state index < -0.39 is 0 Å². The smallest absolute Gasteiger partial charge is 0.236 e. The first-order chi connectivity index (χ1) is 6.26. The van der Waals surface area contributed by atoms with Crippen molar-refractivity contribution in [1.82, 2.24) is 4.98 Å². The molecule has 1 aromatic heterocycles. The second-order valence-electron chi connectivity index (χ2n) is 2.17. The summed E-state index contributed by atoms with van der Waals surface area (Å²) in [7, 11) is 1.57. The molecular formula is C7H10N2O2S2. The van der Waals surface area contributed by atoms with Crippen LogP contribution >= 0.6 is 23.1 Å². The van der Waals surface area contributed by atoms with Crippen molar-refractivity contribution in [2.45, 2.75) is 0 Å². The van der Waals surface area contributed by atoms with E-state index in [-0.39, 0.29) is 5.91 Å². The van der Waals surface area contributed by atoms with Crippen LogP contribution in [0.15, 0.2) is 6.20 Å². The van der Waals surface area contributed by atoms with Crippen LogP contribution in [0.3, 0.4) is 0 Å². The minimum atomic E-state index is -0.0375. The number of ether oxygens (including phenoxy) is 1. The summed E-state index contributed by atoms with van der Waals surface area (Å²) < 4.78 is 4.94. The normalized spacial score (nSPS) is 9.69. The summed E-state index contributed by atoms with van der Waals surface area (Å²) in [5.41, 5.74) is 0. The van der Waals surface area contributed by atoms with Gasteiger partial charge in [0, 0.05) is 0 Å². The number of methoxy groups -OCH3 is 1. The highest BCUT2D eigenvalue weighted by Crippen LogP contribution is 2.24. The van der Waals surface area contributed by atoms with Crippen molar-refractivity contribution >= 4 is 34.1 Å². The Hall–Kier alpha value is -0.750. The van der Waals surface area contributed by atoms with Crippen molar-refractivity contribution in [3.63, 3.8) is 0 Å². The SMILES string of the molecule is COc1cnc(NC(=O)CSC)s1. The van der Waals surface area contributed by atoms with Gasteiger partial charge in [0.1, 0.15) is 0 Å². The van der Waals surface area contributed by atoms with Gasteiger partial charge >= 0.3 is 0 Å². The Morgan fingerprint density at radius 3 is 3.15 bits per heavy atom. The van der Waals surface area contributed by atoms with Crippen molar-refractivity contribution in [3.8, 4) is 5.06 Å². The molecule has 4 nitrogen and oxygen atoms in total. The van der Waals surface area contributed by atoms with Gasteiger partial charge in [-0.3, -0.25) is 4.79 Å². The highest BCUT2D eigenvalue weighted by Gasteiger charge is 2.05. The average Bonchev–Trinajstić information content (AvgIpc) is 2.52. The number of nitrogens with zero attached hydrogens (tertiary/aromatic N) is 1. The van der Waals surface area contributed by atoms with Crippen molar-refractivity contribution in [1.29, 1.82) is 0 Å². The highest BCUT2D eigenvalue weighted by molar-refractivity contribution is 7.99. The van der Waals surface area contributed by atoms with Crippen LogP contribution in [0.4, 0.5) is 5.13 Å². The Kier molecular flexibility index (Phi) is 4.04. The van der Waals surface area contributed by atoms with Crippen LogP contribution in [0.1, 0.15) is 0 Å². The molecule has 1 N–H and O–H groups in total. The second-order valence-corrected chi connectivity index (χ2v) is 4.03. The van der Waals surface area contributed by atoms with E-state index in [1.165, 1.54) is 23.1 Å². The molecule has 0 saturated heterocycles. The Morgan fingerprint density at radius 1 is 1.85 bits per heavy atom. The summed E-state index contributed by atoms with van der Waals surface area (Å²) in [5.74, 6) is 0.409. The largest absolute Gasteiger partial charge is 0.486 e. The molecule has 1 heterocycles. The number of hydrogen-bond acceptors (Lipinski definition) is 5. The second kappa shape index (κ2) is 5.08. The van der Waals surface area contributed by atoms with Crippen LogP contribution in [-0.4, -0.2) is 30.0 Å². The quantitative estimate of drug-likeness (QED) is 0.831. The van der Waals surface area contributed by atoms with E-state index in [1.807, 2.05) is 6.26 Å². The molecule has 1 aromatic rings. The average molecular weight is 218 g/mol. The number of aromatic nitrogens is 1. The predicted molar refractivity (Wildman–Crippen MR) is 55.7 cm³/mol. The molecule has 0 atom stereocenters. The number of carbonyl (C=O) groups is 1. The summed E-state index contributed by atoms with van der Waals surface area (Å²) in [6.45, 7) is 0. The lowest BCUT2D eigenvalue weighted by atomic mass is 10.7. The van der Waals surface area contributed by atoms with Crippen LogP contribution in [-0.2, 0) is 4.79 Å². The van der Waals surface area contributed by atoms with E-state index in [0.717, 1.165) is 0 Å². The number of amides is 1. The molecule has 1 amide bonds. The van der Waals surface area contributed by atoms with Crippen molar-refractivity contribution < 1.29 is 9.53 Å². The fourth-order valence-corrected chi connectivity index (χ4v) is 1.68. The maximum Gasteiger partial charge on any atom is 0.236 e. The third-order valence-corrected chi connectivity index (χ3v) is 2.63. The molecule has 13 heavy (non-hydrogen) atoms. The number of thiazole rings is 1. The molecule has 0 radical (unpaired) electrons. The molecule has 6 heteroatoms. The first-order valence-electron chi connectivity index (χ1n) is 3.55. The zero-order chi connectivity index (χ0) is 9.68.